The van der Waals surface area contributed by atoms with E-state index in [1.165, 1.54) is 24.3 Å². The molecule has 0 saturated carbocycles. The fourth-order valence-electron chi connectivity index (χ4n) is 3.04. The molecule has 0 radical (unpaired) electrons. The van der Waals surface area contributed by atoms with E-state index in [0.29, 0.717) is 6.04 Å². The minimum absolute atomic E-state index is 0.652. The zero-order chi connectivity index (χ0) is 11.8. The first-order chi connectivity index (χ1) is 8.31. The molecule has 3 heteroatoms. The fraction of sp³-hybridized carbons (Fsp3) is 0.571. The summed E-state index contributed by atoms with van der Waals surface area (Å²) >= 11 is 0. The molecule has 1 N–H and O–H groups in total. The maximum Gasteiger partial charge on any atom is 0.144 e. The molecule has 3 nitrogen and oxygen atoms in total. The molecule has 1 aromatic carbocycles. The van der Waals surface area contributed by atoms with Gasteiger partial charge >= 0.3 is 0 Å². The van der Waals surface area contributed by atoms with Gasteiger partial charge in [-0.25, -0.2) is 0 Å². The maximum atomic E-state index is 5.69. The van der Waals surface area contributed by atoms with E-state index in [0.717, 1.165) is 24.8 Å². The molecule has 1 aromatic rings. The standard InChI is InChI=1S/C14H20N2O/c1-3-17-13-6-4-5-11-14(13)15-9-12-10(2)7-8-16(11)12/h4-6,10,12,15H,3,7-9H2,1-2H3. The van der Waals surface area contributed by atoms with Crippen LogP contribution in [0, 0.1) is 5.92 Å². The molecule has 0 amide bonds. The average molecular weight is 232 g/mol. The van der Waals surface area contributed by atoms with Gasteiger partial charge in [-0.3, -0.25) is 0 Å². The van der Waals surface area contributed by atoms with Crippen molar-refractivity contribution in [2.24, 2.45) is 5.92 Å². The van der Waals surface area contributed by atoms with Crippen LogP contribution in [0.15, 0.2) is 18.2 Å². The van der Waals surface area contributed by atoms with Gasteiger partial charge in [-0.15, -0.1) is 0 Å². The van der Waals surface area contributed by atoms with Crippen molar-refractivity contribution in [2.45, 2.75) is 26.3 Å². The SMILES string of the molecule is CCOc1cccc2c1NCC1C(C)CCN21. The summed E-state index contributed by atoms with van der Waals surface area (Å²) in [6.45, 7) is 7.32. The van der Waals surface area contributed by atoms with Gasteiger partial charge in [-0.1, -0.05) is 13.0 Å². The number of para-hydroxylation sites is 1. The number of hydrogen-bond acceptors (Lipinski definition) is 3. The van der Waals surface area contributed by atoms with Crippen molar-refractivity contribution in [3.05, 3.63) is 18.2 Å². The van der Waals surface area contributed by atoms with Crippen LogP contribution >= 0.6 is 0 Å². The Morgan fingerprint density at radius 1 is 1.47 bits per heavy atom. The Morgan fingerprint density at radius 2 is 2.35 bits per heavy atom. The van der Waals surface area contributed by atoms with Gasteiger partial charge in [0.05, 0.1) is 12.3 Å². The predicted molar refractivity (Wildman–Crippen MR) is 71.0 cm³/mol. The van der Waals surface area contributed by atoms with E-state index in [1.807, 2.05) is 6.92 Å². The third-order valence-electron chi connectivity index (χ3n) is 3.98. The molecule has 92 valence electrons. The van der Waals surface area contributed by atoms with E-state index in [2.05, 4.69) is 35.3 Å². The average Bonchev–Trinajstić information content (AvgIpc) is 2.72. The minimum Gasteiger partial charge on any atom is -0.492 e. The molecular weight excluding hydrogens is 212 g/mol. The molecular formula is C14H20N2O. The lowest BCUT2D eigenvalue weighted by Gasteiger charge is -2.36. The van der Waals surface area contributed by atoms with Gasteiger partial charge < -0.3 is 15.0 Å². The number of nitrogens with one attached hydrogen (secondary N) is 1. The molecule has 2 heterocycles. The van der Waals surface area contributed by atoms with E-state index in [9.17, 15) is 0 Å². The lowest BCUT2D eigenvalue weighted by Crippen LogP contribution is -2.41. The highest BCUT2D eigenvalue weighted by Gasteiger charge is 2.35. The van der Waals surface area contributed by atoms with Crippen LogP contribution in [0.25, 0.3) is 0 Å². The van der Waals surface area contributed by atoms with Crippen molar-refractivity contribution < 1.29 is 4.74 Å². The van der Waals surface area contributed by atoms with E-state index in [4.69, 9.17) is 4.74 Å². The van der Waals surface area contributed by atoms with Crippen LogP contribution < -0.4 is 15.0 Å². The Bertz CT molecular complexity index is 419. The molecule has 0 aliphatic carbocycles. The summed E-state index contributed by atoms with van der Waals surface area (Å²) in [5.41, 5.74) is 2.50. The summed E-state index contributed by atoms with van der Waals surface area (Å²) in [6.07, 6.45) is 1.30. The number of nitrogens with zero attached hydrogens (tertiary/aromatic N) is 1. The van der Waals surface area contributed by atoms with Crippen molar-refractivity contribution in [1.29, 1.82) is 0 Å². The number of hydrogen-bond donors (Lipinski definition) is 1. The number of fused-ring (bicyclic) bond motifs is 3. The highest BCUT2D eigenvalue weighted by atomic mass is 16.5. The molecule has 2 aliphatic heterocycles. The Morgan fingerprint density at radius 3 is 3.18 bits per heavy atom. The third kappa shape index (κ3) is 1.65. The highest BCUT2D eigenvalue weighted by molar-refractivity contribution is 5.79. The largest absolute Gasteiger partial charge is 0.492 e. The van der Waals surface area contributed by atoms with Crippen molar-refractivity contribution in [3.8, 4) is 5.75 Å². The number of anilines is 2. The second-order valence-corrected chi connectivity index (χ2v) is 4.99. The number of rotatable bonds is 2. The summed E-state index contributed by atoms with van der Waals surface area (Å²) in [4.78, 5) is 2.54. The Labute approximate surface area is 103 Å². The third-order valence-corrected chi connectivity index (χ3v) is 3.98. The second-order valence-electron chi connectivity index (χ2n) is 4.99. The number of ether oxygens (including phenoxy) is 1. The molecule has 2 unspecified atom stereocenters. The Balaban J connectivity index is 1.98. The molecule has 17 heavy (non-hydrogen) atoms. The van der Waals surface area contributed by atoms with Gasteiger partial charge in [0.15, 0.2) is 0 Å². The summed E-state index contributed by atoms with van der Waals surface area (Å²) in [6, 6.07) is 7.00. The van der Waals surface area contributed by atoms with E-state index >= 15 is 0 Å². The van der Waals surface area contributed by atoms with Crippen LogP contribution in [0.2, 0.25) is 0 Å². The molecule has 0 bridgehead atoms. The quantitative estimate of drug-likeness (QED) is 0.848. The van der Waals surface area contributed by atoms with Gasteiger partial charge in [-0.05, 0) is 31.4 Å². The summed E-state index contributed by atoms with van der Waals surface area (Å²) in [7, 11) is 0. The van der Waals surface area contributed by atoms with E-state index in [-0.39, 0.29) is 0 Å². The summed E-state index contributed by atoms with van der Waals surface area (Å²) in [5, 5.41) is 3.55. The molecule has 0 aromatic heterocycles. The second kappa shape index (κ2) is 4.13. The van der Waals surface area contributed by atoms with Crippen molar-refractivity contribution in [3.63, 3.8) is 0 Å². The first kappa shape index (κ1) is 10.8. The van der Waals surface area contributed by atoms with Crippen LogP contribution in [0.4, 0.5) is 11.4 Å². The van der Waals surface area contributed by atoms with Crippen LogP contribution in [-0.4, -0.2) is 25.7 Å². The van der Waals surface area contributed by atoms with Crippen LogP contribution in [0.5, 0.6) is 5.75 Å². The maximum absolute atomic E-state index is 5.69. The van der Waals surface area contributed by atoms with Crippen LogP contribution in [-0.2, 0) is 0 Å². The molecule has 1 saturated heterocycles. The molecule has 3 rings (SSSR count). The topological polar surface area (TPSA) is 24.5 Å². The van der Waals surface area contributed by atoms with Crippen molar-refractivity contribution in [1.82, 2.24) is 0 Å². The lowest BCUT2D eigenvalue weighted by molar-refractivity contribution is 0.341. The van der Waals surface area contributed by atoms with Gasteiger partial charge in [0.25, 0.3) is 0 Å². The lowest BCUT2D eigenvalue weighted by atomic mass is 10.0. The smallest absolute Gasteiger partial charge is 0.144 e. The first-order valence-electron chi connectivity index (χ1n) is 6.57. The highest BCUT2D eigenvalue weighted by Crippen LogP contribution is 2.42. The van der Waals surface area contributed by atoms with Gasteiger partial charge in [0, 0.05) is 19.1 Å². The number of benzene rings is 1. The molecule has 2 atom stereocenters. The van der Waals surface area contributed by atoms with E-state index in [1.54, 1.807) is 0 Å². The Kier molecular flexibility index (Phi) is 2.61. The van der Waals surface area contributed by atoms with Crippen LogP contribution in [0.3, 0.4) is 0 Å². The first-order valence-corrected chi connectivity index (χ1v) is 6.57. The monoisotopic (exact) mass is 232 g/mol. The zero-order valence-electron chi connectivity index (χ0n) is 10.6. The van der Waals surface area contributed by atoms with Crippen molar-refractivity contribution >= 4 is 11.4 Å². The summed E-state index contributed by atoms with van der Waals surface area (Å²) in [5.74, 6) is 1.77. The van der Waals surface area contributed by atoms with E-state index < -0.39 is 0 Å². The van der Waals surface area contributed by atoms with Crippen molar-refractivity contribution in [2.75, 3.05) is 29.9 Å². The molecule has 1 fully saturated rings. The van der Waals surface area contributed by atoms with Gasteiger partial charge in [0.1, 0.15) is 11.4 Å². The minimum atomic E-state index is 0.652. The van der Waals surface area contributed by atoms with Gasteiger partial charge in [0.2, 0.25) is 0 Å². The Hall–Kier alpha value is -1.38. The summed E-state index contributed by atoms with van der Waals surface area (Å²) < 4.78 is 5.69. The molecule has 0 spiro atoms. The molecule has 2 aliphatic rings. The van der Waals surface area contributed by atoms with Gasteiger partial charge in [-0.2, -0.15) is 0 Å². The fourth-order valence-corrected chi connectivity index (χ4v) is 3.04. The van der Waals surface area contributed by atoms with Crippen LogP contribution in [0.1, 0.15) is 20.3 Å². The zero-order valence-corrected chi connectivity index (χ0v) is 10.6. The predicted octanol–water partition coefficient (Wildman–Crippen LogP) is 2.73. The normalized spacial score (nSPS) is 26.1.